The second kappa shape index (κ2) is 13.9. The summed E-state index contributed by atoms with van der Waals surface area (Å²) in [4.78, 5) is 4.25. The summed E-state index contributed by atoms with van der Waals surface area (Å²) in [6.07, 6.45) is 13.3. The van der Waals surface area contributed by atoms with Crippen molar-refractivity contribution in [2.45, 2.75) is 38.8 Å². The Balaban J connectivity index is 0.00000380. The van der Waals surface area contributed by atoms with E-state index in [1.807, 2.05) is 0 Å². The lowest BCUT2D eigenvalue weighted by Crippen LogP contribution is -3.00. The van der Waals surface area contributed by atoms with E-state index in [0.717, 1.165) is 25.9 Å². The Kier molecular flexibility index (Phi) is 10.7. The number of rotatable bonds is 11. The molecule has 0 aliphatic rings. The fourth-order valence-electron chi connectivity index (χ4n) is 4.41. The van der Waals surface area contributed by atoms with Crippen LogP contribution in [0.15, 0.2) is 97.6 Å². The Bertz CT molecular complexity index is 1100. The van der Waals surface area contributed by atoms with E-state index in [9.17, 15) is 0 Å². The van der Waals surface area contributed by atoms with Crippen molar-refractivity contribution in [2.24, 2.45) is 0 Å². The van der Waals surface area contributed by atoms with Gasteiger partial charge in [-0.25, -0.2) is 9.13 Å². The molecule has 2 aromatic heterocycles. The molecule has 0 amide bonds. The van der Waals surface area contributed by atoms with Gasteiger partial charge in [-0.15, -0.1) is 0 Å². The molecule has 4 nitrogen and oxygen atoms in total. The zero-order chi connectivity index (χ0) is 25.3. The third-order valence-corrected chi connectivity index (χ3v) is 6.74. The summed E-state index contributed by atoms with van der Waals surface area (Å²) in [6.45, 7) is 1.81. The van der Waals surface area contributed by atoms with Crippen LogP contribution in [0.5, 0.6) is 0 Å². The number of hydrogen-bond donors (Lipinski definition) is 0. The van der Waals surface area contributed by atoms with Gasteiger partial charge < -0.3 is 26.8 Å². The molecule has 194 valence electrons. The SMILES string of the molecule is CN(C)c1cc[n+](Cc2ccc(CCCCc3ccc(C[n+]4ccc(N(C)C)cc4)cc3)cc2)cc1.[Br-]. The topological polar surface area (TPSA) is 14.2 Å². The van der Waals surface area contributed by atoms with E-state index in [1.54, 1.807) is 0 Å². The molecule has 5 heteroatoms. The summed E-state index contributed by atoms with van der Waals surface area (Å²) in [7, 11) is 8.28. The van der Waals surface area contributed by atoms with E-state index in [-0.39, 0.29) is 17.0 Å². The highest BCUT2D eigenvalue weighted by Crippen LogP contribution is 2.13. The van der Waals surface area contributed by atoms with Gasteiger partial charge in [0.25, 0.3) is 0 Å². The van der Waals surface area contributed by atoms with Crippen molar-refractivity contribution in [3.05, 3.63) is 120 Å². The van der Waals surface area contributed by atoms with Crippen LogP contribution in [-0.4, -0.2) is 28.2 Å². The molecule has 0 atom stereocenters. The van der Waals surface area contributed by atoms with Crippen molar-refractivity contribution < 1.29 is 26.1 Å². The molecule has 0 fully saturated rings. The molecule has 37 heavy (non-hydrogen) atoms. The van der Waals surface area contributed by atoms with Gasteiger partial charge in [0.15, 0.2) is 37.9 Å². The molecule has 0 unspecified atom stereocenters. The minimum absolute atomic E-state index is 0. The lowest BCUT2D eigenvalue weighted by Gasteiger charge is -2.10. The molecule has 0 bridgehead atoms. The molecule has 0 N–H and O–H groups in total. The first kappa shape index (κ1) is 28.4. The molecule has 2 heterocycles. The standard InChI is InChI=1S/C32H40N4.BrH/c1-33(2)31-17-21-35(22-18-31)25-29-13-9-27(10-14-29)7-5-6-8-28-11-15-30(16-12-28)26-36-23-19-32(20-24-36)34(3)4;/h9-24H,5-8,25-26H2,1-4H3;1H/q+2;/p-1. The lowest BCUT2D eigenvalue weighted by atomic mass is 10.0. The average molecular weight is 561 g/mol. The summed E-state index contributed by atoms with van der Waals surface area (Å²) in [5.74, 6) is 0. The zero-order valence-electron chi connectivity index (χ0n) is 22.6. The highest BCUT2D eigenvalue weighted by atomic mass is 79.9. The molecule has 4 aromatic rings. The summed E-state index contributed by atoms with van der Waals surface area (Å²) >= 11 is 0. The minimum Gasteiger partial charge on any atom is -1.00 e. The van der Waals surface area contributed by atoms with Crippen LogP contribution in [0.2, 0.25) is 0 Å². The van der Waals surface area contributed by atoms with Gasteiger partial charge in [0, 0.05) is 75.0 Å². The van der Waals surface area contributed by atoms with E-state index in [4.69, 9.17) is 0 Å². The first-order valence-electron chi connectivity index (χ1n) is 12.9. The Morgan fingerprint density at radius 3 is 1.05 bits per heavy atom. The second-order valence-corrected chi connectivity index (χ2v) is 10.1. The predicted octanol–water partition coefficient (Wildman–Crippen LogP) is 2.06. The van der Waals surface area contributed by atoms with Crippen LogP contribution in [-0.2, 0) is 25.9 Å². The minimum atomic E-state index is 0. The number of aryl methyl sites for hydroxylation is 2. The Hall–Kier alpha value is -3.18. The molecule has 2 aromatic carbocycles. The number of benzene rings is 2. The summed E-state index contributed by atoms with van der Waals surface area (Å²) in [5.41, 5.74) is 7.99. The summed E-state index contributed by atoms with van der Waals surface area (Å²) in [5, 5.41) is 0. The Morgan fingerprint density at radius 1 is 0.459 bits per heavy atom. The van der Waals surface area contributed by atoms with Crippen molar-refractivity contribution >= 4 is 11.4 Å². The van der Waals surface area contributed by atoms with Crippen LogP contribution in [0, 0.1) is 0 Å². The van der Waals surface area contributed by atoms with E-state index in [2.05, 4.69) is 145 Å². The molecule has 0 aliphatic heterocycles. The van der Waals surface area contributed by atoms with Crippen molar-refractivity contribution in [1.29, 1.82) is 0 Å². The maximum atomic E-state index is 2.29. The van der Waals surface area contributed by atoms with Gasteiger partial charge in [-0.2, -0.15) is 0 Å². The van der Waals surface area contributed by atoms with E-state index in [1.165, 1.54) is 46.5 Å². The van der Waals surface area contributed by atoms with E-state index >= 15 is 0 Å². The van der Waals surface area contributed by atoms with E-state index in [0.29, 0.717) is 0 Å². The second-order valence-electron chi connectivity index (χ2n) is 10.1. The fraction of sp³-hybridized carbons (Fsp3) is 0.312. The van der Waals surface area contributed by atoms with E-state index < -0.39 is 0 Å². The first-order chi connectivity index (χ1) is 17.5. The number of nitrogens with zero attached hydrogens (tertiary/aromatic N) is 4. The smallest absolute Gasteiger partial charge is 0.173 e. The van der Waals surface area contributed by atoms with Crippen LogP contribution >= 0.6 is 0 Å². The molecule has 0 radical (unpaired) electrons. The van der Waals surface area contributed by atoms with Gasteiger partial charge in [-0.05, 0) is 36.8 Å². The van der Waals surface area contributed by atoms with Gasteiger partial charge in [-0.3, -0.25) is 0 Å². The highest BCUT2D eigenvalue weighted by molar-refractivity contribution is 5.42. The highest BCUT2D eigenvalue weighted by Gasteiger charge is 2.06. The monoisotopic (exact) mass is 559 g/mol. The number of hydrogen-bond acceptors (Lipinski definition) is 2. The van der Waals surface area contributed by atoms with Crippen LogP contribution < -0.4 is 35.9 Å². The molecule has 0 saturated heterocycles. The number of pyridine rings is 2. The van der Waals surface area contributed by atoms with Crippen molar-refractivity contribution in [3.63, 3.8) is 0 Å². The number of unbranched alkanes of at least 4 members (excludes halogenated alkanes) is 1. The molecule has 0 saturated carbocycles. The molecule has 4 rings (SSSR count). The van der Waals surface area contributed by atoms with Crippen molar-refractivity contribution in [1.82, 2.24) is 0 Å². The largest absolute Gasteiger partial charge is 1.00 e. The Labute approximate surface area is 233 Å². The van der Waals surface area contributed by atoms with Crippen LogP contribution in [0.4, 0.5) is 11.4 Å². The van der Waals surface area contributed by atoms with Crippen LogP contribution in [0.1, 0.15) is 35.1 Å². The lowest BCUT2D eigenvalue weighted by molar-refractivity contribution is -0.688. The van der Waals surface area contributed by atoms with Gasteiger partial charge in [-0.1, -0.05) is 48.5 Å². The molecule has 0 spiro atoms. The molecular formula is C32H40BrN4+. The summed E-state index contributed by atoms with van der Waals surface area (Å²) in [6, 6.07) is 26.9. The van der Waals surface area contributed by atoms with Gasteiger partial charge in [0.05, 0.1) is 0 Å². The van der Waals surface area contributed by atoms with Gasteiger partial charge >= 0.3 is 0 Å². The van der Waals surface area contributed by atoms with Crippen molar-refractivity contribution in [3.8, 4) is 0 Å². The number of halogens is 1. The predicted molar refractivity (Wildman–Crippen MR) is 150 cm³/mol. The van der Waals surface area contributed by atoms with Crippen LogP contribution in [0.25, 0.3) is 0 Å². The Morgan fingerprint density at radius 2 is 0.757 bits per heavy atom. The zero-order valence-corrected chi connectivity index (χ0v) is 24.2. The fourth-order valence-corrected chi connectivity index (χ4v) is 4.41. The van der Waals surface area contributed by atoms with Gasteiger partial charge in [0.1, 0.15) is 0 Å². The maximum absolute atomic E-state index is 2.29. The molecular weight excluding hydrogens is 520 g/mol. The molecule has 0 aliphatic carbocycles. The third kappa shape index (κ3) is 8.71. The van der Waals surface area contributed by atoms with Gasteiger partial charge in [0.2, 0.25) is 0 Å². The average Bonchev–Trinajstić information content (AvgIpc) is 2.89. The number of aromatic nitrogens is 2. The quantitative estimate of drug-likeness (QED) is 0.206. The van der Waals surface area contributed by atoms with Crippen molar-refractivity contribution in [2.75, 3.05) is 38.0 Å². The first-order valence-corrected chi connectivity index (χ1v) is 12.9. The maximum Gasteiger partial charge on any atom is 0.173 e. The normalized spacial score (nSPS) is 10.6. The number of anilines is 2. The summed E-state index contributed by atoms with van der Waals surface area (Å²) < 4.78 is 4.46. The van der Waals surface area contributed by atoms with Crippen LogP contribution in [0.3, 0.4) is 0 Å². The third-order valence-electron chi connectivity index (χ3n) is 6.74.